The number of likely N-dealkylation sites (tertiary alicyclic amines) is 1. The van der Waals surface area contributed by atoms with Crippen LogP contribution < -0.4 is 5.32 Å². The van der Waals surface area contributed by atoms with E-state index in [0.717, 1.165) is 19.6 Å². The van der Waals surface area contributed by atoms with Crippen LogP contribution in [0.3, 0.4) is 0 Å². The van der Waals surface area contributed by atoms with Gasteiger partial charge in [-0.25, -0.2) is 0 Å². The SMILES string of the molecule is C[C@H](CNC(=O)[C@@H](C1CC1)N1CCCC1)c1ccsc1. The minimum atomic E-state index is 0.146. The molecule has 2 atom stereocenters. The molecule has 2 heterocycles. The van der Waals surface area contributed by atoms with Crippen molar-refractivity contribution in [3.05, 3.63) is 22.4 Å². The highest BCUT2D eigenvalue weighted by molar-refractivity contribution is 7.07. The smallest absolute Gasteiger partial charge is 0.237 e. The highest BCUT2D eigenvalue weighted by atomic mass is 32.1. The summed E-state index contributed by atoms with van der Waals surface area (Å²) in [7, 11) is 0. The molecule has 110 valence electrons. The van der Waals surface area contributed by atoms with Gasteiger partial charge in [-0.05, 0) is 73.0 Å². The van der Waals surface area contributed by atoms with Crippen LogP contribution in [0.5, 0.6) is 0 Å². The second-order valence-corrected chi connectivity index (χ2v) is 7.01. The fourth-order valence-corrected chi connectivity index (χ4v) is 3.92. The molecule has 0 radical (unpaired) electrons. The van der Waals surface area contributed by atoms with Crippen LogP contribution in [0.4, 0.5) is 0 Å². The van der Waals surface area contributed by atoms with Gasteiger partial charge >= 0.3 is 0 Å². The second-order valence-electron chi connectivity index (χ2n) is 6.23. The Labute approximate surface area is 125 Å². The molecule has 0 spiro atoms. The number of rotatable bonds is 6. The largest absolute Gasteiger partial charge is 0.354 e. The molecule has 1 aromatic rings. The summed E-state index contributed by atoms with van der Waals surface area (Å²) in [6.07, 6.45) is 4.97. The molecule has 3 nitrogen and oxygen atoms in total. The standard InChI is InChI=1S/C16H24N2OS/c1-12(14-6-9-20-11-14)10-17-16(19)15(13-4-5-13)18-7-2-3-8-18/h6,9,11-13,15H,2-5,7-8,10H2,1H3,(H,17,19)/t12-,15-/m1/s1. The second kappa shape index (κ2) is 6.27. The van der Waals surface area contributed by atoms with Crippen LogP contribution >= 0.6 is 11.3 Å². The van der Waals surface area contributed by atoms with Crippen LogP contribution in [-0.4, -0.2) is 36.5 Å². The fourth-order valence-electron chi connectivity index (χ4n) is 3.14. The van der Waals surface area contributed by atoms with Crippen molar-refractivity contribution in [2.75, 3.05) is 19.6 Å². The van der Waals surface area contributed by atoms with Crippen LogP contribution in [-0.2, 0) is 4.79 Å². The number of thiophene rings is 1. The highest BCUT2D eigenvalue weighted by Gasteiger charge is 2.40. The molecule has 1 saturated carbocycles. The van der Waals surface area contributed by atoms with E-state index in [1.54, 1.807) is 11.3 Å². The lowest BCUT2D eigenvalue weighted by atomic mass is 10.0. The molecule has 1 N–H and O–H groups in total. The van der Waals surface area contributed by atoms with Gasteiger partial charge in [-0.3, -0.25) is 9.69 Å². The van der Waals surface area contributed by atoms with Gasteiger partial charge in [0.05, 0.1) is 6.04 Å². The monoisotopic (exact) mass is 292 g/mol. The Morgan fingerprint density at radius 2 is 2.20 bits per heavy atom. The summed E-state index contributed by atoms with van der Waals surface area (Å²) in [6, 6.07) is 2.30. The normalized spacial score (nSPS) is 22.6. The third-order valence-electron chi connectivity index (χ3n) is 4.57. The lowest BCUT2D eigenvalue weighted by molar-refractivity contribution is -0.126. The zero-order valence-electron chi connectivity index (χ0n) is 12.2. The quantitative estimate of drug-likeness (QED) is 0.874. The van der Waals surface area contributed by atoms with E-state index in [-0.39, 0.29) is 11.9 Å². The molecule has 1 saturated heterocycles. The molecule has 4 heteroatoms. The molecular weight excluding hydrogens is 268 g/mol. The number of nitrogens with one attached hydrogen (secondary N) is 1. The van der Waals surface area contributed by atoms with E-state index in [1.807, 2.05) is 0 Å². The third-order valence-corrected chi connectivity index (χ3v) is 5.27. The van der Waals surface area contributed by atoms with Crippen LogP contribution in [0.15, 0.2) is 16.8 Å². The topological polar surface area (TPSA) is 32.3 Å². The average Bonchev–Trinajstić information content (AvgIpc) is 2.96. The zero-order chi connectivity index (χ0) is 13.9. The van der Waals surface area contributed by atoms with Gasteiger partial charge in [0.25, 0.3) is 0 Å². The molecule has 1 aliphatic carbocycles. The van der Waals surface area contributed by atoms with Gasteiger partial charge in [0.15, 0.2) is 0 Å². The number of amides is 1. The van der Waals surface area contributed by atoms with E-state index in [0.29, 0.717) is 11.8 Å². The molecule has 1 aliphatic heterocycles. The predicted octanol–water partition coefficient (Wildman–Crippen LogP) is 2.84. The van der Waals surface area contributed by atoms with Gasteiger partial charge in [0.1, 0.15) is 0 Å². The molecule has 1 aromatic heterocycles. The summed E-state index contributed by atoms with van der Waals surface area (Å²) in [5.74, 6) is 1.28. The first kappa shape index (κ1) is 14.1. The van der Waals surface area contributed by atoms with Gasteiger partial charge in [0, 0.05) is 6.54 Å². The summed E-state index contributed by atoms with van der Waals surface area (Å²) in [6.45, 7) is 5.15. The Hall–Kier alpha value is -0.870. The summed E-state index contributed by atoms with van der Waals surface area (Å²) >= 11 is 1.72. The Balaban J connectivity index is 1.54. The first-order valence-electron chi connectivity index (χ1n) is 7.79. The first-order valence-corrected chi connectivity index (χ1v) is 8.74. The predicted molar refractivity (Wildman–Crippen MR) is 83.1 cm³/mol. The molecule has 20 heavy (non-hydrogen) atoms. The Bertz CT molecular complexity index is 435. The van der Waals surface area contributed by atoms with Crippen LogP contribution in [0.1, 0.15) is 44.1 Å². The number of nitrogens with zero attached hydrogens (tertiary/aromatic N) is 1. The van der Waals surface area contributed by atoms with E-state index < -0.39 is 0 Å². The van der Waals surface area contributed by atoms with Gasteiger partial charge in [-0.1, -0.05) is 6.92 Å². The molecule has 2 aliphatic rings. The number of hydrogen-bond donors (Lipinski definition) is 1. The lowest BCUT2D eigenvalue weighted by Crippen LogP contribution is -2.47. The lowest BCUT2D eigenvalue weighted by Gasteiger charge is -2.27. The third kappa shape index (κ3) is 3.23. The zero-order valence-corrected chi connectivity index (χ0v) is 13.0. The van der Waals surface area contributed by atoms with Crippen molar-refractivity contribution in [3.8, 4) is 0 Å². The highest BCUT2D eigenvalue weighted by Crippen LogP contribution is 2.36. The number of carbonyl (C=O) groups excluding carboxylic acids is 1. The molecular formula is C16H24N2OS. The van der Waals surface area contributed by atoms with E-state index >= 15 is 0 Å². The summed E-state index contributed by atoms with van der Waals surface area (Å²) in [4.78, 5) is 14.9. The van der Waals surface area contributed by atoms with Gasteiger partial charge in [-0.15, -0.1) is 0 Å². The minimum Gasteiger partial charge on any atom is -0.354 e. The molecule has 0 bridgehead atoms. The maximum atomic E-state index is 12.5. The Morgan fingerprint density at radius 3 is 2.80 bits per heavy atom. The van der Waals surface area contributed by atoms with Gasteiger partial charge in [0.2, 0.25) is 5.91 Å². The number of carbonyl (C=O) groups is 1. The van der Waals surface area contributed by atoms with Crippen molar-refractivity contribution in [1.82, 2.24) is 10.2 Å². The van der Waals surface area contributed by atoms with Crippen molar-refractivity contribution < 1.29 is 4.79 Å². The summed E-state index contributed by atoms with van der Waals surface area (Å²) in [5.41, 5.74) is 1.33. The first-order chi connectivity index (χ1) is 9.75. The van der Waals surface area contributed by atoms with Crippen molar-refractivity contribution in [1.29, 1.82) is 0 Å². The van der Waals surface area contributed by atoms with Gasteiger partial charge < -0.3 is 5.32 Å². The van der Waals surface area contributed by atoms with Crippen LogP contribution in [0.25, 0.3) is 0 Å². The molecule has 1 amide bonds. The molecule has 0 unspecified atom stereocenters. The summed E-state index contributed by atoms with van der Waals surface area (Å²) in [5, 5.41) is 7.47. The van der Waals surface area contributed by atoms with Crippen molar-refractivity contribution in [2.45, 2.75) is 44.6 Å². The van der Waals surface area contributed by atoms with E-state index in [2.05, 4.69) is 34.0 Å². The molecule has 2 fully saturated rings. The maximum Gasteiger partial charge on any atom is 0.237 e. The fraction of sp³-hybridized carbons (Fsp3) is 0.688. The minimum absolute atomic E-state index is 0.146. The van der Waals surface area contributed by atoms with E-state index in [9.17, 15) is 4.79 Å². The van der Waals surface area contributed by atoms with Crippen molar-refractivity contribution in [3.63, 3.8) is 0 Å². The van der Waals surface area contributed by atoms with Crippen molar-refractivity contribution >= 4 is 17.2 Å². The molecule has 3 rings (SSSR count). The summed E-state index contributed by atoms with van der Waals surface area (Å²) < 4.78 is 0. The average molecular weight is 292 g/mol. The van der Waals surface area contributed by atoms with Crippen molar-refractivity contribution in [2.24, 2.45) is 5.92 Å². The van der Waals surface area contributed by atoms with Crippen LogP contribution in [0.2, 0.25) is 0 Å². The van der Waals surface area contributed by atoms with Crippen LogP contribution in [0, 0.1) is 5.92 Å². The van der Waals surface area contributed by atoms with Gasteiger partial charge in [-0.2, -0.15) is 11.3 Å². The maximum absolute atomic E-state index is 12.5. The van der Waals surface area contributed by atoms with E-state index in [1.165, 1.54) is 31.2 Å². The molecule has 0 aromatic carbocycles. The Morgan fingerprint density at radius 1 is 1.45 bits per heavy atom. The number of hydrogen-bond acceptors (Lipinski definition) is 3. The Kier molecular flexibility index (Phi) is 4.41. The van der Waals surface area contributed by atoms with E-state index in [4.69, 9.17) is 0 Å².